The maximum atomic E-state index is 12.8. The van der Waals surface area contributed by atoms with E-state index in [2.05, 4.69) is 10.3 Å². The lowest BCUT2D eigenvalue weighted by atomic mass is 10.0. The Kier molecular flexibility index (Phi) is 7.61. The van der Waals surface area contributed by atoms with E-state index < -0.39 is 35.3 Å². The molecule has 2 atom stereocenters. The number of aliphatic hydroxyl groups is 2. The molecule has 0 saturated carbocycles. The Morgan fingerprint density at radius 1 is 1.21 bits per heavy atom. The number of aromatic nitrogens is 1. The molecule has 0 aliphatic carbocycles. The molecule has 0 aliphatic rings. The molecule has 0 spiro atoms. The van der Waals surface area contributed by atoms with Crippen molar-refractivity contribution in [2.45, 2.75) is 31.4 Å². The minimum atomic E-state index is -4.74. The third-order valence-electron chi connectivity index (χ3n) is 3.74. The van der Waals surface area contributed by atoms with Crippen molar-refractivity contribution in [3.63, 3.8) is 0 Å². The van der Waals surface area contributed by atoms with Crippen molar-refractivity contribution >= 4 is 17.7 Å². The topological polar surface area (TPSA) is 91.7 Å². The van der Waals surface area contributed by atoms with Crippen molar-refractivity contribution in [2.24, 2.45) is 0 Å². The lowest BCUT2D eigenvalue weighted by Crippen LogP contribution is -2.30. The van der Waals surface area contributed by atoms with Crippen LogP contribution in [0, 0.1) is 0 Å². The lowest BCUT2D eigenvalue weighted by Gasteiger charge is -2.19. The van der Waals surface area contributed by atoms with E-state index in [1.807, 2.05) is 6.07 Å². The molecule has 152 valence electrons. The number of hydrogen-bond donors (Lipinski definition) is 3. The number of pyridine rings is 1. The fraction of sp³-hybridized carbons (Fsp3) is 0.333. The van der Waals surface area contributed by atoms with Gasteiger partial charge in [-0.05, 0) is 29.7 Å². The number of aliphatic hydroxyl groups excluding tert-OH is 2. The van der Waals surface area contributed by atoms with E-state index in [-0.39, 0.29) is 25.1 Å². The Morgan fingerprint density at radius 3 is 2.54 bits per heavy atom. The Morgan fingerprint density at radius 2 is 1.89 bits per heavy atom. The number of benzene rings is 1. The van der Waals surface area contributed by atoms with Crippen LogP contribution in [0.25, 0.3) is 0 Å². The summed E-state index contributed by atoms with van der Waals surface area (Å²) in [7, 11) is 0. The van der Waals surface area contributed by atoms with Gasteiger partial charge < -0.3 is 20.3 Å². The Labute approximate surface area is 163 Å². The number of amides is 1. The molecule has 0 bridgehead atoms. The van der Waals surface area contributed by atoms with E-state index in [0.717, 1.165) is 11.6 Å². The number of ether oxygens (including phenoxy) is 1. The molecule has 0 aliphatic heterocycles. The molecule has 2 rings (SSSR count). The molecular formula is C18H18ClF3N2O4. The second-order valence-corrected chi connectivity index (χ2v) is 6.28. The van der Waals surface area contributed by atoms with Gasteiger partial charge in [-0.15, -0.1) is 0 Å². The van der Waals surface area contributed by atoms with Gasteiger partial charge in [-0.25, -0.2) is 9.78 Å². The van der Waals surface area contributed by atoms with Gasteiger partial charge in [0.2, 0.25) is 0 Å². The summed E-state index contributed by atoms with van der Waals surface area (Å²) in [6.07, 6.45) is -8.66. The van der Waals surface area contributed by atoms with Gasteiger partial charge in [0.05, 0.1) is 6.10 Å². The van der Waals surface area contributed by atoms with E-state index in [4.69, 9.17) is 16.3 Å². The predicted octanol–water partition coefficient (Wildman–Crippen LogP) is 3.46. The van der Waals surface area contributed by atoms with Gasteiger partial charge in [0.15, 0.2) is 0 Å². The standard InChI is InChI=1S/C18H18ClF3N2O4/c19-15-9-12(8-14(24-15)18(20,21)22)16(26)13(25)6-7-23-17(27)28-10-11-4-2-1-3-5-11/h1-5,8-9,13,16,25-26H,6-7,10H2,(H,23,27). The number of carbonyl (C=O) groups is 1. The van der Waals surface area contributed by atoms with Gasteiger partial charge >= 0.3 is 12.3 Å². The number of nitrogens with zero attached hydrogens (tertiary/aromatic N) is 1. The molecule has 0 radical (unpaired) electrons. The smallest absolute Gasteiger partial charge is 0.433 e. The van der Waals surface area contributed by atoms with Crippen LogP contribution >= 0.6 is 11.6 Å². The summed E-state index contributed by atoms with van der Waals surface area (Å²) in [6.45, 7) is 0.00434. The number of nitrogens with one attached hydrogen (secondary N) is 1. The quantitative estimate of drug-likeness (QED) is 0.599. The zero-order valence-corrected chi connectivity index (χ0v) is 15.2. The molecule has 0 saturated heterocycles. The maximum absolute atomic E-state index is 12.8. The number of alkyl halides is 3. The van der Waals surface area contributed by atoms with Crippen molar-refractivity contribution < 1.29 is 32.9 Å². The molecule has 10 heteroatoms. The van der Waals surface area contributed by atoms with Gasteiger partial charge in [-0.1, -0.05) is 41.9 Å². The van der Waals surface area contributed by atoms with Crippen molar-refractivity contribution in [3.05, 3.63) is 64.4 Å². The van der Waals surface area contributed by atoms with Crippen LogP contribution in [0.15, 0.2) is 42.5 Å². The number of halogens is 4. The molecule has 2 aromatic rings. The summed E-state index contributed by atoms with van der Waals surface area (Å²) in [5.74, 6) is 0. The van der Waals surface area contributed by atoms with E-state index in [0.29, 0.717) is 6.07 Å². The monoisotopic (exact) mass is 418 g/mol. The Balaban J connectivity index is 1.83. The molecule has 1 aromatic heterocycles. The summed E-state index contributed by atoms with van der Waals surface area (Å²) >= 11 is 5.56. The van der Waals surface area contributed by atoms with E-state index in [9.17, 15) is 28.2 Å². The number of carbonyl (C=O) groups excluding carboxylic acids is 1. The van der Waals surface area contributed by atoms with Gasteiger partial charge in [0.25, 0.3) is 0 Å². The number of rotatable bonds is 7. The van der Waals surface area contributed by atoms with Crippen molar-refractivity contribution in [1.29, 1.82) is 0 Å². The number of hydrogen-bond acceptors (Lipinski definition) is 5. The highest BCUT2D eigenvalue weighted by molar-refractivity contribution is 6.29. The predicted molar refractivity (Wildman–Crippen MR) is 94.5 cm³/mol. The molecule has 1 aromatic carbocycles. The first-order chi connectivity index (χ1) is 13.2. The molecule has 2 unspecified atom stereocenters. The third-order valence-corrected chi connectivity index (χ3v) is 3.93. The molecule has 3 N–H and O–H groups in total. The summed E-state index contributed by atoms with van der Waals surface area (Å²) in [6, 6.07) is 10.6. The molecule has 0 fully saturated rings. The number of alkyl carbamates (subject to hydrolysis) is 1. The largest absolute Gasteiger partial charge is 0.445 e. The van der Waals surface area contributed by atoms with E-state index in [1.54, 1.807) is 24.3 Å². The second kappa shape index (κ2) is 9.72. The highest BCUT2D eigenvalue weighted by Crippen LogP contribution is 2.31. The van der Waals surface area contributed by atoms with E-state index >= 15 is 0 Å². The van der Waals surface area contributed by atoms with Crippen molar-refractivity contribution in [3.8, 4) is 0 Å². The SMILES string of the molecule is O=C(NCCC(O)C(O)c1cc(Cl)nc(C(F)(F)F)c1)OCc1ccccc1. The van der Waals surface area contributed by atoms with Gasteiger partial charge in [0, 0.05) is 6.54 Å². The first kappa shape index (κ1) is 21.9. The van der Waals surface area contributed by atoms with Crippen molar-refractivity contribution in [2.75, 3.05) is 6.54 Å². The highest BCUT2D eigenvalue weighted by atomic mass is 35.5. The molecule has 1 heterocycles. The molecule has 6 nitrogen and oxygen atoms in total. The normalized spacial score (nSPS) is 13.6. The fourth-order valence-corrected chi connectivity index (χ4v) is 2.53. The third kappa shape index (κ3) is 6.66. The van der Waals surface area contributed by atoms with Crippen LogP contribution in [-0.2, 0) is 17.5 Å². The first-order valence-corrected chi connectivity index (χ1v) is 8.60. The van der Waals surface area contributed by atoms with Gasteiger partial charge in [-0.3, -0.25) is 0 Å². The zero-order chi connectivity index (χ0) is 20.7. The molecular weight excluding hydrogens is 401 g/mol. The minimum Gasteiger partial charge on any atom is -0.445 e. The zero-order valence-electron chi connectivity index (χ0n) is 14.5. The van der Waals surface area contributed by atoms with Gasteiger partial charge in [-0.2, -0.15) is 13.2 Å². The van der Waals surface area contributed by atoms with Crippen LogP contribution < -0.4 is 5.32 Å². The first-order valence-electron chi connectivity index (χ1n) is 8.22. The van der Waals surface area contributed by atoms with Crippen LogP contribution in [-0.4, -0.2) is 33.9 Å². The fourth-order valence-electron chi connectivity index (χ4n) is 2.31. The lowest BCUT2D eigenvalue weighted by molar-refractivity contribution is -0.141. The van der Waals surface area contributed by atoms with Crippen LogP contribution in [0.3, 0.4) is 0 Å². The highest BCUT2D eigenvalue weighted by Gasteiger charge is 2.34. The van der Waals surface area contributed by atoms with Crippen LogP contribution in [0.5, 0.6) is 0 Å². The van der Waals surface area contributed by atoms with Crippen molar-refractivity contribution in [1.82, 2.24) is 10.3 Å². The van der Waals surface area contributed by atoms with Crippen LogP contribution in [0.4, 0.5) is 18.0 Å². The average Bonchev–Trinajstić information content (AvgIpc) is 2.65. The van der Waals surface area contributed by atoms with Crippen LogP contribution in [0.2, 0.25) is 5.15 Å². The summed E-state index contributed by atoms with van der Waals surface area (Å²) in [5, 5.41) is 22.0. The van der Waals surface area contributed by atoms with Crippen LogP contribution in [0.1, 0.15) is 29.3 Å². The van der Waals surface area contributed by atoms with E-state index in [1.165, 1.54) is 0 Å². The Hall–Kier alpha value is -2.36. The molecule has 28 heavy (non-hydrogen) atoms. The summed E-state index contributed by atoms with van der Waals surface area (Å²) in [4.78, 5) is 14.8. The summed E-state index contributed by atoms with van der Waals surface area (Å²) in [5.41, 5.74) is -0.710. The minimum absolute atomic E-state index is 0.0587. The molecule has 1 amide bonds. The maximum Gasteiger partial charge on any atom is 0.433 e. The van der Waals surface area contributed by atoms with Gasteiger partial charge in [0.1, 0.15) is 23.6 Å². The average molecular weight is 419 g/mol. The summed E-state index contributed by atoms with van der Waals surface area (Å²) < 4.78 is 43.3. The Bertz CT molecular complexity index is 790. The second-order valence-electron chi connectivity index (χ2n) is 5.90.